The van der Waals surface area contributed by atoms with Crippen molar-refractivity contribution < 1.29 is 41.0 Å². The average molecular weight is 733 g/mol. The van der Waals surface area contributed by atoms with E-state index < -0.39 is 33.9 Å². The van der Waals surface area contributed by atoms with Gasteiger partial charge in [0.25, 0.3) is 0 Å². The summed E-state index contributed by atoms with van der Waals surface area (Å²) < 4.78 is 66.2. The number of nitrogens with zero attached hydrogens (tertiary/aromatic N) is 2. The molecule has 1 saturated carbocycles. The van der Waals surface area contributed by atoms with E-state index in [1.807, 2.05) is 75.4 Å². The SMILES string of the molecule is CC(C)(C)OC(=O)NCCNc1nc(NCC2CCC(CNS(=O)(=O)c3cccc4ccccc34)CC2)nc2ccccc12.O=C(O)C(F)(F)F. The van der Waals surface area contributed by atoms with Crippen molar-refractivity contribution in [3.8, 4) is 0 Å². The molecule has 1 amide bonds. The number of halogens is 3. The van der Waals surface area contributed by atoms with Crippen LogP contribution in [0.1, 0.15) is 46.5 Å². The van der Waals surface area contributed by atoms with Gasteiger partial charge < -0.3 is 25.8 Å². The fourth-order valence-electron chi connectivity index (χ4n) is 5.56. The van der Waals surface area contributed by atoms with Crippen LogP contribution in [0.5, 0.6) is 0 Å². The molecule has 3 aromatic carbocycles. The molecule has 51 heavy (non-hydrogen) atoms. The van der Waals surface area contributed by atoms with Gasteiger partial charge in [-0.25, -0.2) is 27.7 Å². The molecular weight excluding hydrogens is 689 g/mol. The Morgan fingerprint density at radius 3 is 2.06 bits per heavy atom. The van der Waals surface area contributed by atoms with Gasteiger partial charge in [-0.2, -0.15) is 18.2 Å². The number of carbonyl (C=O) groups is 2. The highest BCUT2D eigenvalue weighted by molar-refractivity contribution is 7.89. The van der Waals surface area contributed by atoms with Crippen LogP contribution in [0.15, 0.2) is 71.6 Å². The Bertz CT molecular complexity index is 1910. The molecule has 0 radical (unpaired) electrons. The standard InChI is InChI=1S/C33H42N6O4S.C2HF3O2/c1-33(2,3)43-32(40)35-20-19-34-30-27-12-6-7-13-28(27)38-31(39-30)36-21-23-15-17-24(18-16-23)22-37-44(41,42)29-14-8-10-25-9-4-5-11-26(25)29;3-2(4,5)1(6)7/h4-14,23-24,37H,15-22H2,1-3H3,(H,35,40)(H2,34,36,38,39);(H,6,7). The fraction of sp³-hybridized carbons (Fsp3) is 0.429. The summed E-state index contributed by atoms with van der Waals surface area (Å²) in [7, 11) is -3.60. The number of amides is 1. The minimum Gasteiger partial charge on any atom is -0.475 e. The van der Waals surface area contributed by atoms with Crippen molar-refractivity contribution in [3.63, 3.8) is 0 Å². The molecule has 4 aromatic rings. The van der Waals surface area contributed by atoms with E-state index in [1.165, 1.54) is 0 Å². The van der Waals surface area contributed by atoms with E-state index >= 15 is 0 Å². The van der Waals surface area contributed by atoms with Gasteiger partial charge in [0.1, 0.15) is 11.4 Å². The third-order valence-corrected chi connectivity index (χ3v) is 9.53. The molecule has 16 heteroatoms. The number of rotatable bonds is 11. The molecule has 0 spiro atoms. The predicted molar refractivity (Wildman–Crippen MR) is 189 cm³/mol. The van der Waals surface area contributed by atoms with E-state index in [4.69, 9.17) is 24.6 Å². The number of aromatic nitrogens is 2. The van der Waals surface area contributed by atoms with E-state index in [0.717, 1.165) is 53.9 Å². The number of alkyl carbamates (subject to hydrolysis) is 1. The van der Waals surface area contributed by atoms with Crippen LogP contribution in [0.2, 0.25) is 0 Å². The minimum atomic E-state index is -5.08. The lowest BCUT2D eigenvalue weighted by Gasteiger charge is -2.28. The van der Waals surface area contributed by atoms with Crippen LogP contribution in [0.4, 0.5) is 29.7 Å². The van der Waals surface area contributed by atoms with Crippen LogP contribution in [-0.2, 0) is 19.6 Å². The molecule has 0 atom stereocenters. The van der Waals surface area contributed by atoms with Crippen molar-refractivity contribution in [2.45, 2.75) is 63.1 Å². The maximum atomic E-state index is 13.1. The van der Waals surface area contributed by atoms with Crippen LogP contribution in [0.3, 0.4) is 0 Å². The van der Waals surface area contributed by atoms with E-state index in [-0.39, 0.29) is 0 Å². The summed E-state index contributed by atoms with van der Waals surface area (Å²) in [5.74, 6) is -0.751. The van der Waals surface area contributed by atoms with Gasteiger partial charge >= 0.3 is 18.2 Å². The lowest BCUT2D eigenvalue weighted by Crippen LogP contribution is -2.35. The summed E-state index contributed by atoms with van der Waals surface area (Å²) in [5, 5.41) is 19.2. The van der Waals surface area contributed by atoms with Crippen molar-refractivity contribution in [1.82, 2.24) is 20.0 Å². The third-order valence-electron chi connectivity index (χ3n) is 8.05. The third kappa shape index (κ3) is 12.0. The molecule has 276 valence electrons. The van der Waals surface area contributed by atoms with Gasteiger partial charge in [0.05, 0.1) is 10.4 Å². The van der Waals surface area contributed by atoms with Crippen molar-refractivity contribution in [2.75, 3.05) is 36.8 Å². The molecule has 0 unspecified atom stereocenters. The number of hydrogen-bond donors (Lipinski definition) is 5. The number of ether oxygens (including phenoxy) is 1. The van der Waals surface area contributed by atoms with E-state index in [1.54, 1.807) is 12.1 Å². The predicted octanol–water partition coefficient (Wildman–Crippen LogP) is 6.55. The fourth-order valence-corrected chi connectivity index (χ4v) is 6.90. The highest BCUT2D eigenvalue weighted by atomic mass is 32.2. The smallest absolute Gasteiger partial charge is 0.475 e. The van der Waals surface area contributed by atoms with Crippen LogP contribution < -0.4 is 20.7 Å². The van der Waals surface area contributed by atoms with E-state index in [2.05, 4.69) is 20.7 Å². The molecular formula is C35H43F3N6O6S. The quantitative estimate of drug-likeness (QED) is 0.107. The second kappa shape index (κ2) is 17.0. The molecule has 5 N–H and O–H groups in total. The molecule has 12 nitrogen and oxygen atoms in total. The lowest BCUT2D eigenvalue weighted by atomic mass is 9.82. The van der Waals surface area contributed by atoms with Gasteiger partial charge in [0.15, 0.2) is 0 Å². The number of aliphatic carboxylic acids is 1. The number of sulfonamides is 1. The maximum Gasteiger partial charge on any atom is 0.490 e. The van der Waals surface area contributed by atoms with Gasteiger partial charge in [-0.15, -0.1) is 0 Å². The number of carboxylic acids is 1. The first kappa shape index (κ1) is 39.1. The second-order valence-corrected chi connectivity index (χ2v) is 14.9. The zero-order valence-electron chi connectivity index (χ0n) is 28.6. The molecule has 0 aliphatic heterocycles. The zero-order chi connectivity index (χ0) is 37.2. The first-order valence-corrected chi connectivity index (χ1v) is 18.0. The number of fused-ring (bicyclic) bond motifs is 2. The number of anilines is 2. The molecule has 1 aliphatic rings. The number of carboxylic acid groups (broad SMARTS) is 1. The van der Waals surface area contributed by atoms with Crippen molar-refractivity contribution in [2.24, 2.45) is 11.8 Å². The first-order valence-electron chi connectivity index (χ1n) is 16.5. The van der Waals surface area contributed by atoms with Crippen molar-refractivity contribution >= 4 is 55.5 Å². The maximum absolute atomic E-state index is 13.1. The molecule has 1 aromatic heterocycles. The minimum absolute atomic E-state index is 0.304. The highest BCUT2D eigenvalue weighted by Gasteiger charge is 2.38. The first-order chi connectivity index (χ1) is 24.0. The van der Waals surface area contributed by atoms with Crippen LogP contribution in [-0.4, -0.2) is 73.5 Å². The zero-order valence-corrected chi connectivity index (χ0v) is 29.4. The van der Waals surface area contributed by atoms with Crippen LogP contribution in [0.25, 0.3) is 21.7 Å². The monoisotopic (exact) mass is 732 g/mol. The van der Waals surface area contributed by atoms with Gasteiger partial charge in [0, 0.05) is 37.0 Å². The van der Waals surface area contributed by atoms with Crippen LogP contribution >= 0.6 is 0 Å². The Morgan fingerprint density at radius 2 is 1.41 bits per heavy atom. The summed E-state index contributed by atoms with van der Waals surface area (Å²) in [6.07, 6.45) is -1.61. The van der Waals surface area contributed by atoms with Gasteiger partial charge in [0.2, 0.25) is 16.0 Å². The molecule has 0 bridgehead atoms. The normalized spacial score (nSPS) is 16.5. The molecule has 0 saturated heterocycles. The van der Waals surface area contributed by atoms with Crippen molar-refractivity contribution in [1.29, 1.82) is 0 Å². The Balaban J connectivity index is 0.000000755. The topological polar surface area (TPSA) is 172 Å². The molecule has 1 fully saturated rings. The number of nitrogens with one attached hydrogen (secondary N) is 4. The average Bonchev–Trinajstić information content (AvgIpc) is 3.07. The Labute approximate surface area is 294 Å². The number of alkyl halides is 3. The number of para-hydroxylation sites is 1. The molecule has 1 heterocycles. The lowest BCUT2D eigenvalue weighted by molar-refractivity contribution is -0.192. The Hall–Kier alpha value is -4.70. The Morgan fingerprint density at radius 1 is 0.824 bits per heavy atom. The second-order valence-electron chi connectivity index (χ2n) is 13.2. The summed E-state index contributed by atoms with van der Waals surface area (Å²) >= 11 is 0. The summed E-state index contributed by atoms with van der Waals surface area (Å²) in [4.78, 5) is 30.6. The molecule has 5 rings (SSSR count). The summed E-state index contributed by atoms with van der Waals surface area (Å²) in [6.45, 7) is 7.54. The highest BCUT2D eigenvalue weighted by Crippen LogP contribution is 2.30. The summed E-state index contributed by atoms with van der Waals surface area (Å²) in [6, 6.07) is 20.8. The van der Waals surface area contributed by atoms with Crippen molar-refractivity contribution in [3.05, 3.63) is 66.7 Å². The van der Waals surface area contributed by atoms with E-state index in [0.29, 0.717) is 48.1 Å². The number of benzene rings is 3. The Kier molecular flexibility index (Phi) is 13.0. The number of hydrogen-bond acceptors (Lipinski definition) is 9. The van der Waals surface area contributed by atoms with Crippen LogP contribution in [0, 0.1) is 11.8 Å². The van der Waals surface area contributed by atoms with Gasteiger partial charge in [-0.3, -0.25) is 0 Å². The van der Waals surface area contributed by atoms with Gasteiger partial charge in [-0.1, -0.05) is 48.5 Å². The van der Waals surface area contributed by atoms with Gasteiger partial charge in [-0.05, 0) is 81.9 Å². The molecule has 1 aliphatic carbocycles. The van der Waals surface area contributed by atoms with E-state index in [9.17, 15) is 26.4 Å². The summed E-state index contributed by atoms with van der Waals surface area (Å²) in [5.41, 5.74) is 0.283. The number of carbonyl (C=O) groups excluding carboxylic acids is 1. The largest absolute Gasteiger partial charge is 0.490 e.